The molecule has 0 aliphatic rings. The van der Waals surface area contributed by atoms with Gasteiger partial charge in [-0.3, -0.25) is 0 Å². The van der Waals surface area contributed by atoms with Crippen molar-refractivity contribution in [2.75, 3.05) is 0 Å². The number of benzene rings is 3. The number of phenolic OH excluding ortho intramolecular Hbond substituents is 2. The maximum atomic E-state index is 9.71. The highest BCUT2D eigenvalue weighted by Gasteiger charge is 2.07. The number of aryl methyl sites for hydroxylation is 3. The quantitative estimate of drug-likeness (QED) is 0.650. The number of aromatic hydroxyl groups is 2. The summed E-state index contributed by atoms with van der Waals surface area (Å²) in [6.45, 7) is 5.72. The predicted octanol–water partition coefficient (Wildman–Crippen LogP) is 5.61. The summed E-state index contributed by atoms with van der Waals surface area (Å²) in [6, 6.07) is 15.7. The standard InChI is InChI=1S/C21H20O4/c1-13-6-16(22)10-19(8-13)24-18-5-4-15(3)21(12-18)25-20-9-14(2)7-17(23)11-20/h4-12,22-23H,1-3H3. The number of phenols is 2. The van der Waals surface area contributed by atoms with E-state index in [1.165, 1.54) is 0 Å². The SMILES string of the molecule is Cc1cc(O)cc(Oc2ccc(C)c(Oc3cc(C)cc(O)c3)c2)c1. The fourth-order valence-electron chi connectivity index (χ4n) is 2.59. The van der Waals surface area contributed by atoms with E-state index in [9.17, 15) is 10.2 Å². The van der Waals surface area contributed by atoms with Crippen molar-refractivity contribution in [2.45, 2.75) is 20.8 Å². The van der Waals surface area contributed by atoms with Gasteiger partial charge in [-0.15, -0.1) is 0 Å². The monoisotopic (exact) mass is 336 g/mol. The highest BCUT2D eigenvalue weighted by molar-refractivity contribution is 5.47. The maximum Gasteiger partial charge on any atom is 0.134 e. The molecule has 4 heteroatoms. The fourth-order valence-corrected chi connectivity index (χ4v) is 2.59. The van der Waals surface area contributed by atoms with Gasteiger partial charge in [-0.25, -0.2) is 0 Å². The van der Waals surface area contributed by atoms with Crippen molar-refractivity contribution in [1.29, 1.82) is 0 Å². The molecule has 0 amide bonds. The third-order valence-corrected chi connectivity index (χ3v) is 3.69. The molecule has 0 fully saturated rings. The van der Waals surface area contributed by atoms with Gasteiger partial charge in [-0.1, -0.05) is 6.07 Å². The second kappa shape index (κ2) is 6.77. The minimum Gasteiger partial charge on any atom is -0.508 e. The van der Waals surface area contributed by atoms with Crippen LogP contribution in [0.2, 0.25) is 0 Å². The zero-order valence-electron chi connectivity index (χ0n) is 14.4. The second-order valence-electron chi connectivity index (χ2n) is 6.14. The molecular formula is C21H20O4. The molecule has 25 heavy (non-hydrogen) atoms. The van der Waals surface area contributed by atoms with Crippen molar-refractivity contribution in [3.63, 3.8) is 0 Å². The molecule has 3 rings (SSSR count). The van der Waals surface area contributed by atoms with Crippen LogP contribution in [0.4, 0.5) is 0 Å². The van der Waals surface area contributed by atoms with Gasteiger partial charge in [0.05, 0.1) is 0 Å². The summed E-state index contributed by atoms with van der Waals surface area (Å²) in [7, 11) is 0. The van der Waals surface area contributed by atoms with Crippen molar-refractivity contribution in [1.82, 2.24) is 0 Å². The number of hydrogen-bond donors (Lipinski definition) is 2. The Labute approximate surface area is 146 Å². The number of rotatable bonds is 4. The summed E-state index contributed by atoms with van der Waals surface area (Å²) in [4.78, 5) is 0. The first-order chi connectivity index (χ1) is 11.9. The van der Waals surface area contributed by atoms with E-state index in [0.29, 0.717) is 23.0 Å². The summed E-state index contributed by atoms with van der Waals surface area (Å²) >= 11 is 0. The van der Waals surface area contributed by atoms with E-state index >= 15 is 0 Å². The zero-order chi connectivity index (χ0) is 18.0. The lowest BCUT2D eigenvalue weighted by molar-refractivity contribution is 0.442. The molecule has 0 heterocycles. The van der Waals surface area contributed by atoms with Crippen molar-refractivity contribution in [3.05, 3.63) is 71.3 Å². The average molecular weight is 336 g/mol. The van der Waals surface area contributed by atoms with E-state index < -0.39 is 0 Å². The highest BCUT2D eigenvalue weighted by atomic mass is 16.5. The van der Waals surface area contributed by atoms with Crippen molar-refractivity contribution < 1.29 is 19.7 Å². The Balaban J connectivity index is 1.87. The Hall–Kier alpha value is -3.14. The first-order valence-corrected chi connectivity index (χ1v) is 7.97. The summed E-state index contributed by atoms with van der Waals surface area (Å²) in [5, 5.41) is 19.4. The van der Waals surface area contributed by atoms with E-state index in [0.717, 1.165) is 16.7 Å². The van der Waals surface area contributed by atoms with Crippen molar-refractivity contribution >= 4 is 0 Å². The Morgan fingerprint density at radius 1 is 0.600 bits per heavy atom. The molecule has 3 aromatic rings. The minimum atomic E-state index is 0.161. The molecule has 0 atom stereocenters. The Morgan fingerprint density at radius 2 is 1.16 bits per heavy atom. The van der Waals surface area contributed by atoms with Crippen LogP contribution in [0.25, 0.3) is 0 Å². The maximum absolute atomic E-state index is 9.71. The third-order valence-electron chi connectivity index (χ3n) is 3.69. The third kappa shape index (κ3) is 4.23. The Morgan fingerprint density at radius 3 is 1.72 bits per heavy atom. The zero-order valence-corrected chi connectivity index (χ0v) is 14.4. The van der Waals surface area contributed by atoms with E-state index in [-0.39, 0.29) is 11.5 Å². The lowest BCUT2D eigenvalue weighted by Gasteiger charge is -2.13. The van der Waals surface area contributed by atoms with Crippen LogP contribution in [0.1, 0.15) is 16.7 Å². The van der Waals surface area contributed by atoms with Gasteiger partial charge >= 0.3 is 0 Å². The average Bonchev–Trinajstić information content (AvgIpc) is 2.48. The normalized spacial score (nSPS) is 10.5. The molecule has 0 spiro atoms. The van der Waals surface area contributed by atoms with E-state index in [1.54, 1.807) is 30.3 Å². The smallest absolute Gasteiger partial charge is 0.134 e. The van der Waals surface area contributed by atoms with Gasteiger partial charge in [-0.2, -0.15) is 0 Å². The van der Waals surface area contributed by atoms with Crippen LogP contribution in [0.15, 0.2) is 54.6 Å². The van der Waals surface area contributed by atoms with Crippen LogP contribution >= 0.6 is 0 Å². The first kappa shape index (κ1) is 16.7. The molecule has 0 saturated heterocycles. The summed E-state index contributed by atoms with van der Waals surface area (Å²) < 4.78 is 11.7. The van der Waals surface area contributed by atoms with Crippen LogP contribution in [-0.2, 0) is 0 Å². The van der Waals surface area contributed by atoms with Gasteiger partial charge in [0.25, 0.3) is 0 Å². The summed E-state index contributed by atoms with van der Waals surface area (Å²) in [5.74, 6) is 2.68. The molecule has 0 bridgehead atoms. The first-order valence-electron chi connectivity index (χ1n) is 7.97. The van der Waals surface area contributed by atoms with Gasteiger partial charge in [0.2, 0.25) is 0 Å². The summed E-state index contributed by atoms with van der Waals surface area (Å²) in [5.41, 5.74) is 2.77. The van der Waals surface area contributed by atoms with Gasteiger partial charge in [-0.05, 0) is 67.8 Å². The molecule has 4 nitrogen and oxygen atoms in total. The van der Waals surface area contributed by atoms with Crippen LogP contribution in [0.5, 0.6) is 34.5 Å². The minimum absolute atomic E-state index is 0.161. The molecule has 0 aromatic heterocycles. The van der Waals surface area contributed by atoms with E-state index in [4.69, 9.17) is 9.47 Å². The molecule has 0 unspecified atom stereocenters. The van der Waals surface area contributed by atoms with Crippen molar-refractivity contribution in [3.8, 4) is 34.5 Å². The van der Waals surface area contributed by atoms with Gasteiger partial charge in [0.15, 0.2) is 0 Å². The lowest BCUT2D eigenvalue weighted by atomic mass is 10.2. The van der Waals surface area contributed by atoms with Crippen LogP contribution < -0.4 is 9.47 Å². The Kier molecular flexibility index (Phi) is 4.52. The van der Waals surface area contributed by atoms with Crippen LogP contribution in [0, 0.1) is 20.8 Å². The topological polar surface area (TPSA) is 58.9 Å². The lowest BCUT2D eigenvalue weighted by Crippen LogP contribution is -1.91. The fraction of sp³-hybridized carbons (Fsp3) is 0.143. The molecule has 0 aliphatic carbocycles. The van der Waals surface area contributed by atoms with Gasteiger partial charge in [0, 0.05) is 18.2 Å². The van der Waals surface area contributed by atoms with Gasteiger partial charge < -0.3 is 19.7 Å². The van der Waals surface area contributed by atoms with E-state index in [1.807, 2.05) is 45.0 Å². The van der Waals surface area contributed by atoms with Crippen LogP contribution in [-0.4, -0.2) is 10.2 Å². The molecule has 0 aliphatic heterocycles. The molecule has 128 valence electrons. The number of hydrogen-bond acceptors (Lipinski definition) is 4. The summed E-state index contributed by atoms with van der Waals surface area (Å²) in [6.07, 6.45) is 0. The van der Waals surface area contributed by atoms with Gasteiger partial charge in [0.1, 0.15) is 34.5 Å². The van der Waals surface area contributed by atoms with E-state index in [2.05, 4.69) is 0 Å². The predicted molar refractivity (Wildman–Crippen MR) is 97.0 cm³/mol. The second-order valence-corrected chi connectivity index (χ2v) is 6.14. The molecule has 2 N–H and O–H groups in total. The highest BCUT2D eigenvalue weighted by Crippen LogP contribution is 2.33. The van der Waals surface area contributed by atoms with Crippen molar-refractivity contribution in [2.24, 2.45) is 0 Å². The number of ether oxygens (including phenoxy) is 2. The van der Waals surface area contributed by atoms with Crippen LogP contribution in [0.3, 0.4) is 0 Å². The molecule has 3 aromatic carbocycles. The molecule has 0 saturated carbocycles. The largest absolute Gasteiger partial charge is 0.508 e. The molecule has 0 radical (unpaired) electrons. The molecular weight excluding hydrogens is 316 g/mol. The Bertz CT molecular complexity index is 875.